The smallest absolute Gasteiger partial charge is 0.328 e. The van der Waals surface area contributed by atoms with Crippen molar-refractivity contribution in [3.8, 4) is 0 Å². The van der Waals surface area contributed by atoms with Crippen molar-refractivity contribution in [2.75, 3.05) is 25.4 Å². The monoisotopic (exact) mass is 892 g/mol. The molecule has 5 amide bonds. The average molecular weight is 893 g/mol. The fraction of sp³-hybridized carbons (Fsp3) is 0.400. The Hall–Kier alpha value is -6.85. The van der Waals surface area contributed by atoms with Crippen molar-refractivity contribution in [1.29, 1.82) is 0 Å². The summed E-state index contributed by atoms with van der Waals surface area (Å²) in [4.78, 5) is 95.0. The molecule has 2 heterocycles. The average Bonchev–Trinajstić information content (AvgIpc) is 3.86. The fourth-order valence-corrected chi connectivity index (χ4v) is 6.89. The lowest BCUT2D eigenvalue weighted by Gasteiger charge is -2.27. The Kier molecular flexibility index (Phi) is 18.6. The first-order valence-corrected chi connectivity index (χ1v) is 20.7. The Morgan fingerprint density at radius 3 is 1.48 bits per heavy atom. The minimum absolute atomic E-state index is 0.0360. The number of carboxylic acid groups (broad SMARTS) is 1. The van der Waals surface area contributed by atoms with E-state index in [1.165, 1.54) is 0 Å². The lowest BCUT2D eigenvalue weighted by atomic mass is 10.0. The number of para-hydroxylation sites is 2. The molecular weight excluding hydrogens is 837 g/mol. The number of aromatic amines is 2. The normalized spacial score (nSPS) is 14.0. The van der Waals surface area contributed by atoms with Gasteiger partial charge in [0.2, 0.25) is 29.5 Å². The predicted molar refractivity (Wildman–Crippen MR) is 240 cm³/mol. The van der Waals surface area contributed by atoms with Gasteiger partial charge >= 0.3 is 5.97 Å². The fourth-order valence-electron chi connectivity index (χ4n) is 6.63. The van der Waals surface area contributed by atoms with Gasteiger partial charge in [-0.25, -0.2) is 4.79 Å². The molecule has 0 aliphatic heterocycles. The summed E-state index contributed by atoms with van der Waals surface area (Å²) in [5, 5.41) is 33.2. The van der Waals surface area contributed by atoms with Crippen molar-refractivity contribution in [2.24, 2.45) is 38.7 Å². The summed E-state index contributed by atoms with van der Waals surface area (Å²) in [6.07, 6.45) is 4.02. The second kappa shape index (κ2) is 24.0. The second-order valence-electron chi connectivity index (χ2n) is 14.6. The van der Waals surface area contributed by atoms with Gasteiger partial charge in [-0.3, -0.25) is 34.0 Å². The van der Waals surface area contributed by atoms with Crippen molar-refractivity contribution in [1.82, 2.24) is 36.6 Å². The number of H-pyrrole nitrogens is 2. The molecule has 0 saturated heterocycles. The van der Waals surface area contributed by atoms with Crippen LogP contribution >= 0.6 is 12.6 Å². The van der Waals surface area contributed by atoms with E-state index in [0.717, 1.165) is 21.8 Å². The highest BCUT2D eigenvalue weighted by Gasteiger charge is 2.33. The van der Waals surface area contributed by atoms with E-state index in [2.05, 4.69) is 59.2 Å². The van der Waals surface area contributed by atoms with E-state index in [-0.39, 0.29) is 62.9 Å². The van der Waals surface area contributed by atoms with Crippen molar-refractivity contribution >= 4 is 81.9 Å². The Morgan fingerprint density at radius 1 is 0.603 bits per heavy atom. The molecule has 0 bridgehead atoms. The van der Waals surface area contributed by atoms with Gasteiger partial charge in [0.1, 0.15) is 30.2 Å². The molecule has 22 nitrogen and oxygen atoms in total. The van der Waals surface area contributed by atoms with Gasteiger partial charge in [0, 0.05) is 65.9 Å². The number of aliphatic carboxylic acids is 1. The van der Waals surface area contributed by atoms with Crippen molar-refractivity contribution in [3.63, 3.8) is 0 Å². The zero-order valence-electron chi connectivity index (χ0n) is 34.4. The van der Waals surface area contributed by atoms with Crippen LogP contribution in [0.5, 0.6) is 0 Å². The molecular formula is C40H56N14O8S. The van der Waals surface area contributed by atoms with E-state index in [0.29, 0.717) is 17.5 Å². The summed E-state index contributed by atoms with van der Waals surface area (Å²) in [6.45, 7) is -0.558. The summed E-state index contributed by atoms with van der Waals surface area (Å²) < 4.78 is 0. The minimum Gasteiger partial charge on any atom is -0.480 e. The van der Waals surface area contributed by atoms with Crippen LogP contribution in [0, 0.1) is 0 Å². The molecule has 0 unspecified atom stereocenters. The van der Waals surface area contributed by atoms with E-state index in [4.69, 9.17) is 28.7 Å². The van der Waals surface area contributed by atoms with Gasteiger partial charge in [-0.2, -0.15) is 12.6 Å². The number of hydrogen-bond donors (Lipinski definition) is 15. The van der Waals surface area contributed by atoms with Crippen LogP contribution in [0.25, 0.3) is 21.8 Å². The van der Waals surface area contributed by atoms with Crippen LogP contribution in [0.15, 0.2) is 70.9 Å². The maximum atomic E-state index is 14.6. The molecule has 63 heavy (non-hydrogen) atoms. The SMILES string of the molecule is NC(N)=NCCC[C@H](NC(=O)[C@@H](N)CCCN=C(N)N)C(=O)N[C@@H](Cc1c[nH]c2ccccc12)C(=O)N[C@@H](Cc1c[nH]c2ccccc12)C(=O)N[C@@H](CS)C(=O)N[C@@H](CO)C(=O)O. The topological polar surface area (TPSA) is 389 Å². The highest BCUT2D eigenvalue weighted by atomic mass is 32.1. The number of nitrogens with two attached hydrogens (primary N) is 5. The van der Waals surface area contributed by atoms with Crippen LogP contribution in [-0.4, -0.2) is 129 Å². The lowest BCUT2D eigenvalue weighted by molar-refractivity contribution is -0.143. The zero-order valence-corrected chi connectivity index (χ0v) is 35.3. The number of amides is 5. The third kappa shape index (κ3) is 14.6. The number of hydrogen-bond acceptors (Lipinski definition) is 11. The van der Waals surface area contributed by atoms with E-state index < -0.39 is 78.4 Å². The number of aliphatic imine (C=N–C) groups is 2. The molecule has 4 aromatic rings. The molecule has 2 aromatic carbocycles. The number of carbonyl (C=O) groups excluding carboxylic acids is 5. The number of guanidine groups is 2. The number of nitrogens with one attached hydrogen (secondary N) is 7. The van der Waals surface area contributed by atoms with Gasteiger partial charge < -0.3 is 75.4 Å². The summed E-state index contributed by atoms with van der Waals surface area (Å²) in [5.41, 5.74) is 30.7. The summed E-state index contributed by atoms with van der Waals surface area (Å²) >= 11 is 4.18. The van der Waals surface area contributed by atoms with Crippen LogP contribution in [0.3, 0.4) is 0 Å². The molecule has 0 radical (unpaired) electrons. The van der Waals surface area contributed by atoms with E-state index in [1.54, 1.807) is 18.5 Å². The standard InChI is InChI=1S/C40H56N14O8S/c41-25(9-5-13-46-39(42)43)33(56)50-28(12-6-14-47-40(44)45)34(57)51-29(15-21-17-48-26-10-3-1-7-23(21)26)35(58)52-30(16-22-18-49-27-11-4-2-8-24(22)27)36(59)54-32(20-63)37(60)53-31(19-55)38(61)62/h1-4,7-8,10-11,17-18,25,28-32,48-49,55,63H,5-6,9,12-16,19-20,41H2,(H,50,56)(H,51,57)(H,52,58)(H,53,60)(H,54,59)(H,61,62)(H4,42,43,46)(H4,44,45,47)/t25-,28-,29-,30-,31-,32-/m0/s1. The maximum Gasteiger partial charge on any atom is 0.328 e. The van der Waals surface area contributed by atoms with Gasteiger partial charge in [0.05, 0.1) is 12.6 Å². The number of rotatable bonds is 25. The lowest BCUT2D eigenvalue weighted by Crippen LogP contribution is -2.60. The van der Waals surface area contributed by atoms with Crippen molar-refractivity contribution in [3.05, 3.63) is 72.1 Å². The van der Waals surface area contributed by atoms with Gasteiger partial charge in [-0.1, -0.05) is 36.4 Å². The molecule has 0 aliphatic rings. The number of benzene rings is 2. The number of thiol groups is 1. The van der Waals surface area contributed by atoms with E-state index in [1.807, 2.05) is 42.5 Å². The summed E-state index contributed by atoms with van der Waals surface area (Å²) in [5.74, 6) is -6.03. The van der Waals surface area contributed by atoms with Crippen LogP contribution < -0.4 is 55.3 Å². The second-order valence-corrected chi connectivity index (χ2v) is 15.0. The van der Waals surface area contributed by atoms with Crippen LogP contribution in [0.2, 0.25) is 0 Å². The Balaban J connectivity index is 1.66. The molecule has 0 saturated carbocycles. The molecule has 0 aliphatic carbocycles. The quantitative estimate of drug-likeness (QED) is 0.0140. The number of aliphatic hydroxyl groups excluding tert-OH is 1. The first kappa shape index (κ1) is 48.8. The maximum absolute atomic E-state index is 14.6. The van der Waals surface area contributed by atoms with Crippen LogP contribution in [-0.2, 0) is 41.6 Å². The molecule has 0 spiro atoms. The third-order valence-electron chi connectivity index (χ3n) is 9.96. The van der Waals surface area contributed by atoms with Gasteiger partial charge in [-0.05, 0) is 48.9 Å². The van der Waals surface area contributed by atoms with E-state index in [9.17, 15) is 39.0 Å². The number of aliphatic hydroxyl groups is 1. The molecule has 19 N–H and O–H groups in total. The van der Waals surface area contributed by atoms with Gasteiger partial charge in [0.25, 0.3) is 0 Å². The van der Waals surface area contributed by atoms with Crippen LogP contribution in [0.4, 0.5) is 0 Å². The van der Waals surface area contributed by atoms with Crippen LogP contribution in [0.1, 0.15) is 36.8 Å². The first-order chi connectivity index (χ1) is 30.1. The Morgan fingerprint density at radius 2 is 1.02 bits per heavy atom. The number of aromatic nitrogens is 2. The molecule has 340 valence electrons. The van der Waals surface area contributed by atoms with Gasteiger partial charge in [-0.15, -0.1) is 0 Å². The molecule has 0 fully saturated rings. The number of carboxylic acids is 1. The Labute approximate surface area is 367 Å². The third-order valence-corrected chi connectivity index (χ3v) is 10.3. The largest absolute Gasteiger partial charge is 0.480 e. The first-order valence-electron chi connectivity index (χ1n) is 20.0. The summed E-state index contributed by atoms with van der Waals surface area (Å²) in [6, 6.07) is 6.53. The zero-order chi connectivity index (χ0) is 46.1. The highest BCUT2D eigenvalue weighted by Crippen LogP contribution is 2.21. The number of nitrogens with zero attached hydrogens (tertiary/aromatic N) is 2. The minimum atomic E-state index is -1.65. The number of carbonyl (C=O) groups is 6. The van der Waals surface area contributed by atoms with Crippen molar-refractivity contribution < 1.29 is 39.0 Å². The van der Waals surface area contributed by atoms with Gasteiger partial charge in [0.15, 0.2) is 11.9 Å². The molecule has 6 atom stereocenters. The summed E-state index contributed by atoms with van der Waals surface area (Å²) in [7, 11) is 0. The molecule has 23 heteroatoms. The molecule has 4 rings (SSSR count). The van der Waals surface area contributed by atoms with Crippen molar-refractivity contribution in [2.45, 2.75) is 74.8 Å². The molecule has 2 aromatic heterocycles. The van der Waals surface area contributed by atoms with E-state index >= 15 is 0 Å². The predicted octanol–water partition coefficient (Wildman–Crippen LogP) is -2.70. The number of fused-ring (bicyclic) bond motifs is 2. The Bertz CT molecular complexity index is 2270. The highest BCUT2D eigenvalue weighted by molar-refractivity contribution is 7.80.